The highest BCUT2D eigenvalue weighted by Crippen LogP contribution is 1.99. The van der Waals surface area contributed by atoms with Gasteiger partial charge in [0.05, 0.1) is 4.99 Å². The van der Waals surface area contributed by atoms with Crippen LogP contribution in [-0.4, -0.2) is 16.5 Å². The summed E-state index contributed by atoms with van der Waals surface area (Å²) < 4.78 is 0. The van der Waals surface area contributed by atoms with Gasteiger partial charge in [0.1, 0.15) is 0 Å². The van der Waals surface area contributed by atoms with Gasteiger partial charge in [-0.05, 0) is 12.2 Å². The molecule has 0 saturated carbocycles. The monoisotopic (exact) mass is 149 g/mol. The van der Waals surface area contributed by atoms with Crippen LogP contribution in [-0.2, 0) is 0 Å². The smallest absolute Gasteiger partial charge is 0.0827 e. The first kappa shape index (κ1) is 8.24. The molecule has 0 atom stereocenters. The molecule has 48 valence electrons. The summed E-state index contributed by atoms with van der Waals surface area (Å²) in [4.78, 5) is 0.614. The van der Waals surface area contributed by atoms with Crippen molar-refractivity contribution in [3.8, 4) is 0 Å². The van der Waals surface area contributed by atoms with Crippen LogP contribution in [0.2, 0.25) is 0 Å². The van der Waals surface area contributed by atoms with E-state index in [9.17, 15) is 0 Å². The first-order valence-electron chi connectivity index (χ1n) is 2.63. The second-order valence-electron chi connectivity index (χ2n) is 1.52. The highest BCUT2D eigenvalue weighted by Gasteiger charge is 1.86. The lowest BCUT2D eigenvalue weighted by molar-refractivity contribution is 1.11. The molecule has 0 aliphatic carbocycles. The molecular formula is C5H11NS2. The highest BCUT2D eigenvalue weighted by atomic mass is 32.2. The Morgan fingerprint density at radius 2 is 2.38 bits per heavy atom. The number of rotatable bonds is 4. The molecule has 0 spiro atoms. The minimum atomic E-state index is 0.614. The van der Waals surface area contributed by atoms with Crippen LogP contribution in [0.5, 0.6) is 0 Å². The van der Waals surface area contributed by atoms with E-state index in [0.717, 1.165) is 11.5 Å². The van der Waals surface area contributed by atoms with E-state index in [2.05, 4.69) is 19.1 Å². The molecule has 0 bridgehead atoms. The summed E-state index contributed by atoms with van der Waals surface area (Å²) >= 11 is 6.46. The Morgan fingerprint density at radius 3 is 2.75 bits per heavy atom. The van der Waals surface area contributed by atoms with Crippen LogP contribution >= 0.6 is 24.0 Å². The molecule has 3 heteroatoms. The zero-order valence-electron chi connectivity index (χ0n) is 5.02. The lowest BCUT2D eigenvalue weighted by Crippen LogP contribution is -2.10. The molecule has 0 unspecified atom stereocenters. The van der Waals surface area contributed by atoms with E-state index in [0.29, 0.717) is 4.99 Å². The van der Waals surface area contributed by atoms with Crippen molar-refractivity contribution < 1.29 is 0 Å². The Kier molecular flexibility index (Phi) is 5.54. The lowest BCUT2D eigenvalue weighted by Gasteiger charge is -1.93. The largest absolute Gasteiger partial charge is 0.393 e. The van der Waals surface area contributed by atoms with Gasteiger partial charge in [0.15, 0.2) is 0 Å². The average molecular weight is 149 g/mol. The summed E-state index contributed by atoms with van der Waals surface area (Å²) in [6, 6.07) is 0. The van der Waals surface area contributed by atoms with Crippen LogP contribution < -0.4 is 5.73 Å². The molecule has 0 aromatic heterocycles. The minimum absolute atomic E-state index is 0.614. The number of hydrogen-bond acceptors (Lipinski definition) is 2. The van der Waals surface area contributed by atoms with E-state index in [1.54, 1.807) is 11.8 Å². The summed E-state index contributed by atoms with van der Waals surface area (Å²) in [6.07, 6.45) is 1.20. The molecule has 0 aliphatic heterocycles. The van der Waals surface area contributed by atoms with Gasteiger partial charge in [-0.2, -0.15) is 11.8 Å². The van der Waals surface area contributed by atoms with Gasteiger partial charge in [-0.1, -0.05) is 19.1 Å². The van der Waals surface area contributed by atoms with Gasteiger partial charge in [-0.25, -0.2) is 0 Å². The maximum Gasteiger partial charge on any atom is 0.0827 e. The number of thioether (sulfide) groups is 1. The molecule has 0 fully saturated rings. The summed E-state index contributed by atoms with van der Waals surface area (Å²) in [6.45, 7) is 2.15. The number of thiocarbonyl (C=S) groups is 1. The predicted molar refractivity (Wildman–Crippen MR) is 44.4 cm³/mol. The Labute approximate surface area is 60.0 Å². The molecule has 0 radical (unpaired) electrons. The predicted octanol–water partition coefficient (Wildman–Crippen LogP) is 1.42. The average Bonchev–Trinajstić information content (AvgIpc) is 1.66. The maximum absolute atomic E-state index is 5.24. The molecule has 0 amide bonds. The quantitative estimate of drug-likeness (QED) is 0.483. The van der Waals surface area contributed by atoms with Gasteiger partial charge >= 0.3 is 0 Å². The standard InChI is InChI=1S/C5H11NS2/c1-2-3-8-4-5(6)7/h2-4H2,1H3,(H2,6,7). The minimum Gasteiger partial charge on any atom is -0.393 e. The molecule has 0 heterocycles. The Morgan fingerprint density at radius 1 is 1.75 bits per heavy atom. The summed E-state index contributed by atoms with van der Waals surface area (Å²) in [5, 5.41) is 0. The fourth-order valence-electron chi connectivity index (χ4n) is 0.317. The Balaban J connectivity index is 2.82. The summed E-state index contributed by atoms with van der Waals surface area (Å²) in [5.74, 6) is 2.00. The third-order valence-corrected chi connectivity index (χ3v) is 2.13. The van der Waals surface area contributed by atoms with E-state index in [1.165, 1.54) is 6.42 Å². The van der Waals surface area contributed by atoms with Gasteiger partial charge < -0.3 is 5.73 Å². The fraction of sp³-hybridized carbons (Fsp3) is 0.800. The topological polar surface area (TPSA) is 26.0 Å². The van der Waals surface area contributed by atoms with Crippen molar-refractivity contribution in [2.75, 3.05) is 11.5 Å². The Bertz CT molecular complexity index is 72.8. The van der Waals surface area contributed by atoms with Crippen molar-refractivity contribution in [3.63, 3.8) is 0 Å². The van der Waals surface area contributed by atoms with E-state index >= 15 is 0 Å². The molecule has 0 aromatic rings. The van der Waals surface area contributed by atoms with Crippen LogP contribution in [0, 0.1) is 0 Å². The Hall–Kier alpha value is 0.240. The van der Waals surface area contributed by atoms with Crippen LogP contribution in [0.1, 0.15) is 13.3 Å². The van der Waals surface area contributed by atoms with E-state index < -0.39 is 0 Å². The summed E-state index contributed by atoms with van der Waals surface area (Å²) in [7, 11) is 0. The van der Waals surface area contributed by atoms with Crippen molar-refractivity contribution in [3.05, 3.63) is 0 Å². The highest BCUT2D eigenvalue weighted by molar-refractivity contribution is 8.01. The summed E-state index contributed by atoms with van der Waals surface area (Å²) in [5.41, 5.74) is 5.24. The van der Waals surface area contributed by atoms with Crippen molar-refractivity contribution in [2.24, 2.45) is 5.73 Å². The van der Waals surface area contributed by atoms with Crippen molar-refractivity contribution in [2.45, 2.75) is 13.3 Å². The molecule has 0 aliphatic rings. The maximum atomic E-state index is 5.24. The molecule has 2 N–H and O–H groups in total. The SMILES string of the molecule is CCCSCC(N)=S. The van der Waals surface area contributed by atoms with Crippen molar-refractivity contribution in [1.82, 2.24) is 0 Å². The van der Waals surface area contributed by atoms with Gasteiger partial charge in [-0.3, -0.25) is 0 Å². The number of hydrogen-bond donors (Lipinski definition) is 1. The molecule has 1 nitrogen and oxygen atoms in total. The van der Waals surface area contributed by atoms with Crippen molar-refractivity contribution in [1.29, 1.82) is 0 Å². The molecule has 0 saturated heterocycles. The first-order valence-corrected chi connectivity index (χ1v) is 4.19. The lowest BCUT2D eigenvalue weighted by atomic mass is 10.6. The van der Waals surface area contributed by atoms with Gasteiger partial charge in [-0.15, -0.1) is 0 Å². The van der Waals surface area contributed by atoms with Gasteiger partial charge in [0, 0.05) is 5.75 Å². The van der Waals surface area contributed by atoms with Crippen LogP contribution in [0.3, 0.4) is 0 Å². The second-order valence-corrected chi connectivity index (χ2v) is 3.15. The second kappa shape index (κ2) is 5.38. The molecular weight excluding hydrogens is 138 g/mol. The van der Waals surface area contributed by atoms with Crippen LogP contribution in [0.15, 0.2) is 0 Å². The zero-order chi connectivity index (χ0) is 6.41. The van der Waals surface area contributed by atoms with Gasteiger partial charge in [0.2, 0.25) is 0 Å². The first-order chi connectivity index (χ1) is 3.77. The third kappa shape index (κ3) is 6.24. The number of nitrogens with two attached hydrogens (primary N) is 1. The zero-order valence-corrected chi connectivity index (χ0v) is 6.65. The van der Waals surface area contributed by atoms with E-state index in [4.69, 9.17) is 5.73 Å². The van der Waals surface area contributed by atoms with Crippen molar-refractivity contribution >= 4 is 29.0 Å². The molecule has 0 aromatic carbocycles. The van der Waals surface area contributed by atoms with Crippen LogP contribution in [0.4, 0.5) is 0 Å². The van der Waals surface area contributed by atoms with E-state index in [-0.39, 0.29) is 0 Å². The third-order valence-electron chi connectivity index (χ3n) is 0.593. The van der Waals surface area contributed by atoms with E-state index in [1.807, 2.05) is 0 Å². The van der Waals surface area contributed by atoms with Crippen LogP contribution in [0.25, 0.3) is 0 Å². The molecule has 8 heavy (non-hydrogen) atoms. The fourth-order valence-corrected chi connectivity index (χ4v) is 1.20. The normalized spacial score (nSPS) is 9.12. The van der Waals surface area contributed by atoms with Gasteiger partial charge in [0.25, 0.3) is 0 Å². The molecule has 0 rings (SSSR count).